The molecule has 0 fully saturated rings. The van der Waals surface area contributed by atoms with E-state index in [1.807, 2.05) is 24.9 Å². The van der Waals surface area contributed by atoms with Gasteiger partial charge in [0.2, 0.25) is 0 Å². The first-order chi connectivity index (χ1) is 8.17. The van der Waals surface area contributed by atoms with E-state index in [1.165, 1.54) is 0 Å². The van der Waals surface area contributed by atoms with Crippen LogP contribution in [0.5, 0.6) is 0 Å². The second-order valence-electron chi connectivity index (χ2n) is 3.62. The molecule has 0 bridgehead atoms. The topological polar surface area (TPSA) is 55.6 Å². The molecule has 2 aromatic rings. The molecule has 0 saturated carbocycles. The lowest BCUT2D eigenvalue weighted by molar-refractivity contribution is 0.893. The highest BCUT2D eigenvalue weighted by Crippen LogP contribution is 2.22. The Morgan fingerprint density at radius 1 is 1.41 bits per heavy atom. The van der Waals surface area contributed by atoms with E-state index in [0.29, 0.717) is 5.82 Å². The van der Waals surface area contributed by atoms with Crippen molar-refractivity contribution >= 4 is 28.4 Å². The van der Waals surface area contributed by atoms with Gasteiger partial charge in [0.25, 0.3) is 0 Å². The molecule has 6 heteroatoms. The zero-order chi connectivity index (χ0) is 12.4. The fourth-order valence-corrected chi connectivity index (χ4v) is 2.47. The van der Waals surface area contributed by atoms with Crippen LogP contribution in [0.4, 0.5) is 5.82 Å². The number of anilines is 1. The Labute approximate surface area is 114 Å². The molecule has 0 saturated heterocycles. The first-order valence-electron chi connectivity index (χ1n) is 5.39. The van der Waals surface area contributed by atoms with Crippen LogP contribution < -0.4 is 5.32 Å². The van der Waals surface area contributed by atoms with E-state index >= 15 is 0 Å². The van der Waals surface area contributed by atoms with Crippen molar-refractivity contribution in [3.63, 3.8) is 0 Å². The van der Waals surface area contributed by atoms with Crippen molar-refractivity contribution in [1.29, 1.82) is 0 Å². The summed E-state index contributed by atoms with van der Waals surface area (Å²) in [5, 5.41) is 3.10. The number of hydrogen-bond acceptors (Lipinski definition) is 4. The van der Waals surface area contributed by atoms with Gasteiger partial charge in [-0.2, -0.15) is 0 Å². The van der Waals surface area contributed by atoms with E-state index in [9.17, 15) is 0 Å². The van der Waals surface area contributed by atoms with Crippen LogP contribution in [-0.2, 0) is 13.5 Å². The van der Waals surface area contributed by atoms with Crippen molar-refractivity contribution in [1.82, 2.24) is 19.5 Å². The first-order valence-corrected chi connectivity index (χ1v) is 6.47. The molecule has 0 amide bonds. The molecule has 90 valence electrons. The maximum absolute atomic E-state index is 4.56. The molecule has 0 spiro atoms. The smallest absolute Gasteiger partial charge is 0.198 e. The molecule has 0 unspecified atom stereocenters. The Balaban J connectivity index is 2.60. The number of nitrogens with one attached hydrogen (secondary N) is 1. The number of rotatable bonds is 3. The molecule has 2 rings (SSSR count). The molecule has 17 heavy (non-hydrogen) atoms. The highest BCUT2D eigenvalue weighted by molar-refractivity contribution is 14.1. The van der Waals surface area contributed by atoms with Gasteiger partial charge < -0.3 is 9.88 Å². The van der Waals surface area contributed by atoms with E-state index in [2.05, 4.69) is 49.8 Å². The Bertz CT molecular complexity index is 509. The zero-order valence-corrected chi connectivity index (χ0v) is 12.2. The summed E-state index contributed by atoms with van der Waals surface area (Å²) in [5.74, 6) is 2.31. The van der Waals surface area contributed by atoms with E-state index in [0.717, 1.165) is 27.3 Å². The van der Waals surface area contributed by atoms with Crippen LogP contribution in [0, 0.1) is 3.57 Å². The molecule has 2 aromatic heterocycles. The van der Waals surface area contributed by atoms with Gasteiger partial charge in [-0.3, -0.25) is 0 Å². The minimum atomic E-state index is 0.666. The number of halogens is 1. The van der Waals surface area contributed by atoms with E-state index in [4.69, 9.17) is 0 Å². The molecular weight excluding hydrogens is 329 g/mol. The van der Waals surface area contributed by atoms with Crippen molar-refractivity contribution in [3.05, 3.63) is 21.7 Å². The van der Waals surface area contributed by atoms with Crippen LogP contribution in [0.1, 0.15) is 12.6 Å². The maximum atomic E-state index is 4.56. The Morgan fingerprint density at radius 2 is 2.18 bits per heavy atom. The van der Waals surface area contributed by atoms with Gasteiger partial charge in [0.1, 0.15) is 5.82 Å². The summed E-state index contributed by atoms with van der Waals surface area (Å²) >= 11 is 2.27. The molecule has 0 aliphatic carbocycles. The van der Waals surface area contributed by atoms with Crippen molar-refractivity contribution in [2.24, 2.45) is 7.05 Å². The number of nitrogens with zero attached hydrogens (tertiary/aromatic N) is 4. The van der Waals surface area contributed by atoms with Crippen molar-refractivity contribution in [2.75, 3.05) is 12.4 Å². The summed E-state index contributed by atoms with van der Waals surface area (Å²) < 4.78 is 2.99. The quantitative estimate of drug-likeness (QED) is 0.867. The summed E-state index contributed by atoms with van der Waals surface area (Å²) in [4.78, 5) is 13.3. The van der Waals surface area contributed by atoms with Gasteiger partial charge in [0, 0.05) is 26.5 Å². The molecule has 0 aromatic carbocycles. The highest BCUT2D eigenvalue weighted by Gasteiger charge is 2.13. The summed E-state index contributed by atoms with van der Waals surface area (Å²) in [5.41, 5.74) is 1.04. The molecule has 0 aliphatic heterocycles. The summed E-state index contributed by atoms with van der Waals surface area (Å²) in [6.07, 6.45) is 4.52. The average molecular weight is 343 g/mol. The molecular formula is C11H14IN5. The second kappa shape index (κ2) is 4.99. The Kier molecular flexibility index (Phi) is 3.60. The largest absolute Gasteiger partial charge is 0.372 e. The van der Waals surface area contributed by atoms with Crippen LogP contribution in [0.15, 0.2) is 12.4 Å². The van der Waals surface area contributed by atoms with Crippen molar-refractivity contribution in [3.8, 4) is 11.6 Å². The van der Waals surface area contributed by atoms with E-state index in [1.54, 1.807) is 6.20 Å². The SMILES string of the molecule is CCc1nc(-c2nccn2C)nc(NC)c1I. The van der Waals surface area contributed by atoms with Crippen LogP contribution in [0.3, 0.4) is 0 Å². The van der Waals surface area contributed by atoms with Crippen molar-refractivity contribution in [2.45, 2.75) is 13.3 Å². The first kappa shape index (κ1) is 12.3. The molecule has 2 heterocycles. The molecule has 0 atom stereocenters. The lowest BCUT2D eigenvalue weighted by atomic mass is 10.3. The predicted molar refractivity (Wildman–Crippen MR) is 75.9 cm³/mol. The van der Waals surface area contributed by atoms with Gasteiger partial charge in [-0.25, -0.2) is 15.0 Å². The van der Waals surface area contributed by atoms with Crippen LogP contribution in [0.25, 0.3) is 11.6 Å². The second-order valence-corrected chi connectivity index (χ2v) is 4.70. The maximum Gasteiger partial charge on any atom is 0.198 e. The van der Waals surface area contributed by atoms with Gasteiger partial charge in [0.15, 0.2) is 11.6 Å². The molecule has 1 N–H and O–H groups in total. The van der Waals surface area contributed by atoms with Gasteiger partial charge in [0.05, 0.1) is 9.26 Å². The lowest BCUT2D eigenvalue weighted by Crippen LogP contribution is -2.06. The highest BCUT2D eigenvalue weighted by atomic mass is 127. The van der Waals surface area contributed by atoms with Gasteiger partial charge in [-0.1, -0.05) is 6.92 Å². The monoisotopic (exact) mass is 343 g/mol. The number of aromatic nitrogens is 4. The van der Waals surface area contributed by atoms with E-state index < -0.39 is 0 Å². The molecule has 0 aliphatic rings. The normalized spacial score (nSPS) is 10.6. The summed E-state index contributed by atoms with van der Waals surface area (Å²) in [6, 6.07) is 0. The third kappa shape index (κ3) is 2.26. The molecule has 5 nitrogen and oxygen atoms in total. The number of aryl methyl sites for hydroxylation is 2. The van der Waals surface area contributed by atoms with Crippen molar-refractivity contribution < 1.29 is 0 Å². The fourth-order valence-electron chi connectivity index (χ4n) is 1.57. The fraction of sp³-hybridized carbons (Fsp3) is 0.364. The standard InChI is InChI=1S/C11H14IN5/c1-4-7-8(12)9(13-2)16-10(15-7)11-14-5-6-17(11)3/h5-6H,4H2,1-3H3,(H,13,15,16). The Hall–Kier alpha value is -1.18. The lowest BCUT2D eigenvalue weighted by Gasteiger charge is -2.09. The summed E-state index contributed by atoms with van der Waals surface area (Å²) in [6.45, 7) is 2.09. The van der Waals surface area contributed by atoms with Gasteiger partial charge >= 0.3 is 0 Å². The van der Waals surface area contributed by atoms with Crippen LogP contribution in [0.2, 0.25) is 0 Å². The van der Waals surface area contributed by atoms with Crippen LogP contribution in [-0.4, -0.2) is 26.6 Å². The van der Waals surface area contributed by atoms with E-state index in [-0.39, 0.29) is 0 Å². The minimum Gasteiger partial charge on any atom is -0.372 e. The Morgan fingerprint density at radius 3 is 2.71 bits per heavy atom. The number of imidazole rings is 1. The number of hydrogen-bond donors (Lipinski definition) is 1. The minimum absolute atomic E-state index is 0.666. The molecule has 0 radical (unpaired) electrons. The third-order valence-corrected chi connectivity index (χ3v) is 3.65. The third-order valence-electron chi connectivity index (χ3n) is 2.51. The summed E-state index contributed by atoms with van der Waals surface area (Å²) in [7, 11) is 3.81. The van der Waals surface area contributed by atoms with Gasteiger partial charge in [-0.15, -0.1) is 0 Å². The van der Waals surface area contributed by atoms with Gasteiger partial charge in [-0.05, 0) is 29.0 Å². The predicted octanol–water partition coefficient (Wildman–Crippen LogP) is 2.09. The van der Waals surface area contributed by atoms with Crippen LogP contribution >= 0.6 is 22.6 Å². The zero-order valence-electron chi connectivity index (χ0n) is 10.0. The average Bonchev–Trinajstić information content (AvgIpc) is 2.76.